The molecule has 3 rings (SSSR count). The van der Waals surface area contributed by atoms with Crippen molar-refractivity contribution < 1.29 is 19.2 Å². The molecule has 8 nitrogen and oxygen atoms in total. The van der Waals surface area contributed by atoms with Gasteiger partial charge >= 0.3 is 6.03 Å². The van der Waals surface area contributed by atoms with Crippen LogP contribution in [0.15, 0.2) is 12.3 Å². The summed E-state index contributed by atoms with van der Waals surface area (Å²) in [5.41, 5.74) is -0.302. The number of ketones is 1. The average molecular weight is 290 g/mol. The second-order valence-corrected chi connectivity index (χ2v) is 5.33. The van der Waals surface area contributed by atoms with E-state index in [1.165, 1.54) is 24.1 Å². The Bertz CT molecular complexity index is 665. The smallest absolute Gasteiger partial charge is 0.322 e. The molecule has 2 aliphatic rings. The molecule has 0 radical (unpaired) electrons. The third-order valence-electron chi connectivity index (χ3n) is 3.89. The maximum Gasteiger partial charge on any atom is 0.322 e. The van der Waals surface area contributed by atoms with Crippen LogP contribution in [-0.2, 0) is 4.79 Å². The van der Waals surface area contributed by atoms with E-state index in [-0.39, 0.29) is 18.2 Å². The van der Waals surface area contributed by atoms with Crippen molar-refractivity contribution in [3.8, 4) is 0 Å². The van der Waals surface area contributed by atoms with Crippen LogP contribution in [0.5, 0.6) is 0 Å². The number of carbonyl (C=O) groups is 4. The largest absolute Gasteiger partial charge is 0.356 e. The fraction of sp³-hybridized carbons (Fsp3) is 0.385. The molecule has 2 aliphatic heterocycles. The number of likely N-dealkylation sites (tertiary alicyclic amines) is 1. The number of aromatic amines is 1. The molecule has 2 fully saturated rings. The molecule has 3 heterocycles. The highest BCUT2D eigenvalue weighted by Crippen LogP contribution is 2.25. The number of rotatable bonds is 2. The van der Waals surface area contributed by atoms with Gasteiger partial charge in [-0.2, -0.15) is 0 Å². The minimum atomic E-state index is -1.03. The Labute approximate surface area is 119 Å². The molecular weight excluding hydrogens is 276 g/mol. The molecule has 0 aliphatic carbocycles. The van der Waals surface area contributed by atoms with Crippen LogP contribution in [0.2, 0.25) is 0 Å². The zero-order valence-corrected chi connectivity index (χ0v) is 11.4. The van der Waals surface area contributed by atoms with Gasteiger partial charge in [-0.15, -0.1) is 0 Å². The van der Waals surface area contributed by atoms with E-state index in [1.807, 2.05) is 0 Å². The van der Waals surface area contributed by atoms with Crippen LogP contribution in [0.3, 0.4) is 0 Å². The zero-order valence-electron chi connectivity index (χ0n) is 11.4. The van der Waals surface area contributed by atoms with Crippen molar-refractivity contribution in [3.05, 3.63) is 23.5 Å². The topological polar surface area (TPSA) is 111 Å². The number of amides is 4. The first-order valence-electron chi connectivity index (χ1n) is 6.53. The van der Waals surface area contributed by atoms with Crippen LogP contribution in [0, 0.1) is 0 Å². The highest BCUT2D eigenvalue weighted by molar-refractivity contribution is 6.08. The van der Waals surface area contributed by atoms with E-state index in [1.54, 1.807) is 0 Å². The van der Waals surface area contributed by atoms with E-state index in [0.29, 0.717) is 24.2 Å². The van der Waals surface area contributed by atoms with E-state index in [9.17, 15) is 19.2 Å². The van der Waals surface area contributed by atoms with Gasteiger partial charge < -0.3 is 15.2 Å². The monoisotopic (exact) mass is 290 g/mol. The molecule has 3 N–H and O–H groups in total. The van der Waals surface area contributed by atoms with Crippen molar-refractivity contribution in [2.45, 2.75) is 18.9 Å². The van der Waals surface area contributed by atoms with Gasteiger partial charge in [-0.05, 0) is 19.4 Å². The van der Waals surface area contributed by atoms with E-state index >= 15 is 0 Å². The Morgan fingerprint density at radius 1 is 1.33 bits per heavy atom. The highest BCUT2D eigenvalue weighted by Gasteiger charge is 2.51. The van der Waals surface area contributed by atoms with Crippen LogP contribution in [0.4, 0.5) is 4.79 Å². The predicted octanol–water partition coefficient (Wildman–Crippen LogP) is -0.359. The molecule has 1 atom stereocenters. The van der Waals surface area contributed by atoms with E-state index in [4.69, 9.17) is 0 Å². The molecule has 21 heavy (non-hydrogen) atoms. The molecule has 0 saturated carbocycles. The van der Waals surface area contributed by atoms with Gasteiger partial charge in [0.05, 0.1) is 6.54 Å². The van der Waals surface area contributed by atoms with Crippen LogP contribution < -0.4 is 10.6 Å². The SMILES string of the molecule is CC(=O)c1c[nH]c(C(=O)N2CCC3(C2)NC(=O)NC3=O)c1. The standard InChI is InChI=1S/C13H14N4O4/c1-7(18)8-4-9(14-5-8)10(19)17-3-2-13(6-17)11(20)15-12(21)16-13/h4-5,14H,2-3,6H2,1H3,(H2,15,16,20,21). The first-order valence-corrected chi connectivity index (χ1v) is 6.53. The highest BCUT2D eigenvalue weighted by atomic mass is 16.2. The molecule has 4 amide bonds. The maximum atomic E-state index is 12.4. The van der Waals surface area contributed by atoms with Crippen molar-refractivity contribution in [2.75, 3.05) is 13.1 Å². The summed E-state index contributed by atoms with van der Waals surface area (Å²) in [7, 11) is 0. The van der Waals surface area contributed by atoms with Crippen LogP contribution in [-0.4, -0.2) is 52.1 Å². The Hall–Kier alpha value is -2.64. The number of imide groups is 1. The van der Waals surface area contributed by atoms with Crippen molar-refractivity contribution in [3.63, 3.8) is 0 Å². The molecule has 0 bridgehead atoms. The lowest BCUT2D eigenvalue weighted by molar-refractivity contribution is -0.123. The zero-order chi connectivity index (χ0) is 15.2. The van der Waals surface area contributed by atoms with Gasteiger partial charge in [0, 0.05) is 18.3 Å². The lowest BCUT2D eigenvalue weighted by Gasteiger charge is -2.20. The molecule has 110 valence electrons. The quantitative estimate of drug-likeness (QED) is 0.510. The summed E-state index contributed by atoms with van der Waals surface area (Å²) < 4.78 is 0. The number of hydrogen-bond acceptors (Lipinski definition) is 4. The molecule has 1 unspecified atom stereocenters. The molecule has 1 aromatic heterocycles. The van der Waals surface area contributed by atoms with Gasteiger partial charge in [-0.3, -0.25) is 19.7 Å². The Kier molecular flexibility index (Phi) is 2.82. The van der Waals surface area contributed by atoms with Crippen LogP contribution in [0.1, 0.15) is 34.2 Å². The third-order valence-corrected chi connectivity index (χ3v) is 3.89. The average Bonchev–Trinajstić information content (AvgIpc) is 3.10. The number of carbonyl (C=O) groups excluding carboxylic acids is 4. The Morgan fingerprint density at radius 3 is 2.67 bits per heavy atom. The van der Waals surface area contributed by atoms with Gasteiger partial charge in [0.1, 0.15) is 11.2 Å². The van der Waals surface area contributed by atoms with Gasteiger partial charge in [0.15, 0.2) is 5.78 Å². The summed E-state index contributed by atoms with van der Waals surface area (Å²) in [6.07, 6.45) is 1.85. The normalized spacial score (nSPS) is 24.3. The van der Waals surface area contributed by atoms with Gasteiger partial charge in [-0.1, -0.05) is 0 Å². The number of urea groups is 1. The minimum absolute atomic E-state index is 0.123. The number of nitrogens with zero attached hydrogens (tertiary/aromatic N) is 1. The number of Topliss-reactive ketones (excluding diaryl/α,β-unsaturated/α-hetero) is 1. The molecule has 1 aromatic rings. The first-order chi connectivity index (χ1) is 9.91. The fourth-order valence-electron chi connectivity index (χ4n) is 2.69. The second kappa shape index (κ2) is 4.44. The van der Waals surface area contributed by atoms with Crippen molar-refractivity contribution in [2.24, 2.45) is 0 Å². The number of H-pyrrole nitrogens is 1. The van der Waals surface area contributed by atoms with E-state index in [0.717, 1.165) is 0 Å². The molecule has 8 heteroatoms. The lowest BCUT2D eigenvalue weighted by Crippen LogP contribution is -2.49. The van der Waals surface area contributed by atoms with Gasteiger partial charge in [-0.25, -0.2) is 4.79 Å². The van der Waals surface area contributed by atoms with Crippen molar-refractivity contribution in [1.82, 2.24) is 20.5 Å². The molecule has 1 spiro atoms. The Morgan fingerprint density at radius 2 is 2.10 bits per heavy atom. The number of hydrogen-bond donors (Lipinski definition) is 3. The lowest BCUT2D eigenvalue weighted by atomic mass is 10.00. The summed E-state index contributed by atoms with van der Waals surface area (Å²) in [6.45, 7) is 1.90. The number of aromatic nitrogens is 1. The second-order valence-electron chi connectivity index (χ2n) is 5.33. The van der Waals surface area contributed by atoms with Crippen LogP contribution in [0.25, 0.3) is 0 Å². The summed E-state index contributed by atoms with van der Waals surface area (Å²) in [6, 6.07) is 0.955. The van der Waals surface area contributed by atoms with Gasteiger partial charge in [0.2, 0.25) is 0 Å². The third kappa shape index (κ3) is 2.08. The fourth-order valence-corrected chi connectivity index (χ4v) is 2.69. The van der Waals surface area contributed by atoms with E-state index < -0.39 is 17.5 Å². The summed E-state index contributed by atoms with van der Waals surface area (Å²) in [5, 5.41) is 4.77. The first kappa shape index (κ1) is 13.3. The van der Waals surface area contributed by atoms with Crippen molar-refractivity contribution in [1.29, 1.82) is 0 Å². The molecular formula is C13H14N4O4. The number of nitrogens with one attached hydrogen (secondary N) is 3. The van der Waals surface area contributed by atoms with Gasteiger partial charge in [0.25, 0.3) is 11.8 Å². The summed E-state index contributed by atoms with van der Waals surface area (Å²) >= 11 is 0. The van der Waals surface area contributed by atoms with Crippen molar-refractivity contribution >= 4 is 23.6 Å². The minimum Gasteiger partial charge on any atom is -0.356 e. The van der Waals surface area contributed by atoms with E-state index in [2.05, 4.69) is 15.6 Å². The maximum absolute atomic E-state index is 12.4. The molecule has 0 aromatic carbocycles. The predicted molar refractivity (Wildman–Crippen MR) is 70.7 cm³/mol. The summed E-state index contributed by atoms with van der Waals surface area (Å²) in [5.74, 6) is -0.835. The summed E-state index contributed by atoms with van der Waals surface area (Å²) in [4.78, 5) is 50.9. The Balaban J connectivity index is 1.76. The molecule has 2 saturated heterocycles. The van der Waals surface area contributed by atoms with Crippen LogP contribution >= 0.6 is 0 Å².